The first-order valence-electron chi connectivity index (χ1n) is 5.06. The van der Waals surface area contributed by atoms with E-state index in [1.54, 1.807) is 0 Å². The average molecular weight is 255 g/mol. The van der Waals surface area contributed by atoms with Gasteiger partial charge in [0.15, 0.2) is 0 Å². The molecular formula is C11H15BrN2. The summed E-state index contributed by atoms with van der Waals surface area (Å²) in [6, 6.07) is 6.42. The van der Waals surface area contributed by atoms with Gasteiger partial charge in [0.05, 0.1) is 0 Å². The number of likely N-dealkylation sites (N-methyl/N-ethyl adjacent to an activating group) is 1. The number of anilines is 1. The first-order chi connectivity index (χ1) is 6.83. The molecule has 76 valence electrons. The molecule has 0 atom stereocenters. The Morgan fingerprint density at radius 2 is 2.36 bits per heavy atom. The van der Waals surface area contributed by atoms with E-state index in [1.165, 1.54) is 15.7 Å². The lowest BCUT2D eigenvalue weighted by Crippen LogP contribution is -2.28. The summed E-state index contributed by atoms with van der Waals surface area (Å²) >= 11 is 3.61. The lowest BCUT2D eigenvalue weighted by Gasteiger charge is -2.22. The average Bonchev–Trinajstić information content (AvgIpc) is 2.40. The van der Waals surface area contributed by atoms with E-state index < -0.39 is 0 Å². The van der Waals surface area contributed by atoms with Gasteiger partial charge in [0.1, 0.15) is 0 Å². The predicted octanol–water partition coefficient (Wildman–Crippen LogP) is 2.38. The predicted molar refractivity (Wildman–Crippen MR) is 63.7 cm³/mol. The quantitative estimate of drug-likeness (QED) is 0.828. The van der Waals surface area contributed by atoms with Crippen LogP contribution in [0.3, 0.4) is 0 Å². The van der Waals surface area contributed by atoms with Crippen LogP contribution in [0.15, 0.2) is 22.7 Å². The largest absolute Gasteiger partial charge is 0.370 e. The van der Waals surface area contributed by atoms with Crippen LogP contribution in [-0.2, 0) is 6.54 Å². The van der Waals surface area contributed by atoms with Crippen molar-refractivity contribution in [1.29, 1.82) is 0 Å². The van der Waals surface area contributed by atoms with E-state index >= 15 is 0 Å². The summed E-state index contributed by atoms with van der Waals surface area (Å²) in [6.07, 6.45) is 0. The van der Waals surface area contributed by atoms with E-state index in [9.17, 15) is 0 Å². The van der Waals surface area contributed by atoms with Gasteiger partial charge in [0.2, 0.25) is 0 Å². The molecule has 1 N–H and O–H groups in total. The zero-order valence-electron chi connectivity index (χ0n) is 8.39. The maximum Gasteiger partial charge on any atom is 0.0423 e. The second kappa shape index (κ2) is 4.32. The SMILES string of the molecule is CCN1CCNCc2c(Br)cccc21. The highest BCUT2D eigenvalue weighted by atomic mass is 79.9. The van der Waals surface area contributed by atoms with E-state index in [2.05, 4.69) is 51.3 Å². The fourth-order valence-electron chi connectivity index (χ4n) is 1.89. The number of nitrogens with zero attached hydrogens (tertiary/aromatic N) is 1. The van der Waals surface area contributed by atoms with Crippen LogP contribution in [0.4, 0.5) is 5.69 Å². The summed E-state index contributed by atoms with van der Waals surface area (Å²) in [5, 5.41) is 3.44. The Morgan fingerprint density at radius 3 is 3.14 bits per heavy atom. The Hall–Kier alpha value is -0.540. The zero-order chi connectivity index (χ0) is 9.97. The van der Waals surface area contributed by atoms with Crippen molar-refractivity contribution in [2.45, 2.75) is 13.5 Å². The van der Waals surface area contributed by atoms with E-state index in [1.807, 2.05) is 0 Å². The minimum atomic E-state index is 0.966. The molecule has 1 aliphatic heterocycles. The van der Waals surface area contributed by atoms with Gasteiger partial charge in [-0.25, -0.2) is 0 Å². The van der Waals surface area contributed by atoms with E-state index in [0.717, 1.165) is 26.2 Å². The molecule has 1 heterocycles. The smallest absolute Gasteiger partial charge is 0.0423 e. The molecule has 0 unspecified atom stereocenters. The van der Waals surface area contributed by atoms with Crippen LogP contribution in [0.5, 0.6) is 0 Å². The molecular weight excluding hydrogens is 240 g/mol. The van der Waals surface area contributed by atoms with Crippen LogP contribution in [-0.4, -0.2) is 19.6 Å². The molecule has 3 heteroatoms. The Kier molecular flexibility index (Phi) is 3.08. The summed E-state index contributed by atoms with van der Waals surface area (Å²) < 4.78 is 1.21. The van der Waals surface area contributed by atoms with Crippen molar-refractivity contribution < 1.29 is 0 Å². The van der Waals surface area contributed by atoms with Crippen molar-refractivity contribution in [3.05, 3.63) is 28.2 Å². The van der Waals surface area contributed by atoms with Gasteiger partial charge < -0.3 is 10.2 Å². The van der Waals surface area contributed by atoms with Gasteiger partial charge in [0, 0.05) is 41.9 Å². The number of hydrogen-bond acceptors (Lipinski definition) is 2. The maximum absolute atomic E-state index is 3.61. The molecule has 0 aliphatic carbocycles. The third kappa shape index (κ3) is 1.79. The second-order valence-electron chi connectivity index (χ2n) is 3.49. The molecule has 14 heavy (non-hydrogen) atoms. The van der Waals surface area contributed by atoms with Crippen LogP contribution in [0.1, 0.15) is 12.5 Å². The molecule has 1 aliphatic rings. The first kappa shape index (κ1) is 9.99. The third-order valence-corrected chi connectivity index (χ3v) is 3.42. The minimum Gasteiger partial charge on any atom is -0.370 e. The Bertz CT molecular complexity index is 325. The standard InChI is InChI=1S/C11H15BrN2/c1-2-14-7-6-13-8-9-10(12)4-3-5-11(9)14/h3-5,13H,2,6-8H2,1H3. The molecule has 0 bridgehead atoms. The number of rotatable bonds is 1. The summed E-state index contributed by atoms with van der Waals surface area (Å²) in [4.78, 5) is 2.42. The third-order valence-electron chi connectivity index (χ3n) is 2.68. The van der Waals surface area contributed by atoms with Gasteiger partial charge in [-0.1, -0.05) is 22.0 Å². The maximum atomic E-state index is 3.61. The number of halogens is 1. The van der Waals surface area contributed by atoms with Crippen molar-refractivity contribution in [2.75, 3.05) is 24.5 Å². The zero-order valence-corrected chi connectivity index (χ0v) is 9.97. The molecule has 0 spiro atoms. The molecule has 0 fully saturated rings. The van der Waals surface area contributed by atoms with Gasteiger partial charge in [-0.05, 0) is 19.1 Å². The van der Waals surface area contributed by atoms with Crippen LogP contribution in [0, 0.1) is 0 Å². The molecule has 0 saturated carbocycles. The first-order valence-corrected chi connectivity index (χ1v) is 5.85. The summed E-state index contributed by atoms with van der Waals surface area (Å²) in [7, 11) is 0. The topological polar surface area (TPSA) is 15.3 Å². The van der Waals surface area contributed by atoms with Crippen molar-refractivity contribution >= 4 is 21.6 Å². The molecule has 1 aromatic rings. The van der Waals surface area contributed by atoms with Gasteiger partial charge in [-0.3, -0.25) is 0 Å². The molecule has 0 amide bonds. The minimum absolute atomic E-state index is 0.966. The highest BCUT2D eigenvalue weighted by molar-refractivity contribution is 9.10. The second-order valence-corrected chi connectivity index (χ2v) is 4.35. The lowest BCUT2D eigenvalue weighted by molar-refractivity contribution is 0.694. The fraction of sp³-hybridized carbons (Fsp3) is 0.455. The van der Waals surface area contributed by atoms with Gasteiger partial charge in [-0.2, -0.15) is 0 Å². The number of nitrogens with one attached hydrogen (secondary N) is 1. The van der Waals surface area contributed by atoms with Crippen molar-refractivity contribution in [3.8, 4) is 0 Å². The lowest BCUT2D eigenvalue weighted by atomic mass is 10.1. The summed E-state index contributed by atoms with van der Waals surface area (Å²) in [5.74, 6) is 0. The number of fused-ring (bicyclic) bond motifs is 1. The van der Waals surface area contributed by atoms with Crippen LogP contribution >= 0.6 is 15.9 Å². The summed E-state index contributed by atoms with van der Waals surface area (Å²) in [6.45, 7) is 6.41. The normalized spacial score (nSPS) is 16.3. The monoisotopic (exact) mass is 254 g/mol. The Labute approximate surface area is 93.4 Å². The van der Waals surface area contributed by atoms with Crippen LogP contribution in [0.25, 0.3) is 0 Å². The Morgan fingerprint density at radius 1 is 1.50 bits per heavy atom. The van der Waals surface area contributed by atoms with Gasteiger partial charge >= 0.3 is 0 Å². The van der Waals surface area contributed by atoms with Gasteiger partial charge in [0.25, 0.3) is 0 Å². The molecule has 0 saturated heterocycles. The highest BCUT2D eigenvalue weighted by Gasteiger charge is 2.14. The van der Waals surface area contributed by atoms with Gasteiger partial charge in [-0.15, -0.1) is 0 Å². The molecule has 1 aromatic carbocycles. The van der Waals surface area contributed by atoms with E-state index in [0.29, 0.717) is 0 Å². The van der Waals surface area contributed by atoms with Crippen LogP contribution < -0.4 is 10.2 Å². The van der Waals surface area contributed by atoms with Crippen LogP contribution in [0.2, 0.25) is 0 Å². The number of hydrogen-bond donors (Lipinski definition) is 1. The van der Waals surface area contributed by atoms with Crippen molar-refractivity contribution in [2.24, 2.45) is 0 Å². The fourth-order valence-corrected chi connectivity index (χ4v) is 2.39. The molecule has 0 radical (unpaired) electrons. The van der Waals surface area contributed by atoms with Crippen molar-refractivity contribution in [3.63, 3.8) is 0 Å². The molecule has 2 rings (SSSR count). The number of benzene rings is 1. The van der Waals surface area contributed by atoms with E-state index in [-0.39, 0.29) is 0 Å². The van der Waals surface area contributed by atoms with Crippen molar-refractivity contribution in [1.82, 2.24) is 5.32 Å². The molecule has 2 nitrogen and oxygen atoms in total. The summed E-state index contributed by atoms with van der Waals surface area (Å²) in [5.41, 5.74) is 2.75. The van der Waals surface area contributed by atoms with E-state index in [4.69, 9.17) is 0 Å². The molecule has 0 aromatic heterocycles. The Balaban J connectivity index is 2.44. The highest BCUT2D eigenvalue weighted by Crippen LogP contribution is 2.28.